The van der Waals surface area contributed by atoms with Gasteiger partial charge in [0, 0.05) is 0 Å². The summed E-state index contributed by atoms with van der Waals surface area (Å²) in [5.41, 5.74) is 9.38. The van der Waals surface area contributed by atoms with E-state index in [0.29, 0.717) is 11.6 Å². The third kappa shape index (κ3) is 2.09. The van der Waals surface area contributed by atoms with Gasteiger partial charge in [0.1, 0.15) is 5.52 Å². The Kier molecular flexibility index (Phi) is 3.19. The number of para-hydroxylation sites is 2. The Morgan fingerprint density at radius 1 is 1.11 bits per heavy atom. The van der Waals surface area contributed by atoms with Crippen molar-refractivity contribution in [1.29, 1.82) is 0 Å². The van der Waals surface area contributed by atoms with Crippen LogP contribution in [0.3, 0.4) is 0 Å². The zero-order valence-electron chi connectivity index (χ0n) is 10.3. The van der Waals surface area contributed by atoms with Crippen LogP contribution in [0.1, 0.15) is 5.56 Å². The van der Waals surface area contributed by atoms with Crippen molar-refractivity contribution in [2.45, 2.75) is 6.42 Å². The topological polar surface area (TPSA) is 56.7 Å². The summed E-state index contributed by atoms with van der Waals surface area (Å²) in [5, 5.41) is 9.03. The highest BCUT2D eigenvalue weighted by molar-refractivity contribution is 6.32. The molecule has 0 aliphatic rings. The predicted octanol–water partition coefficient (Wildman–Crippen LogP) is 2.58. The number of fused-ring (bicyclic) bond motifs is 1. The van der Waals surface area contributed by atoms with Gasteiger partial charge in [-0.3, -0.25) is 0 Å². The summed E-state index contributed by atoms with van der Waals surface area (Å²) in [5.74, 6) is 0. The Labute approximate surface area is 115 Å². The van der Waals surface area contributed by atoms with Crippen LogP contribution in [0, 0.1) is 0 Å². The summed E-state index contributed by atoms with van der Waals surface area (Å²) in [4.78, 5) is 0. The normalized spacial score (nSPS) is 11.1. The van der Waals surface area contributed by atoms with Gasteiger partial charge in [0.2, 0.25) is 0 Å². The molecule has 0 fully saturated rings. The van der Waals surface area contributed by atoms with Crippen molar-refractivity contribution in [1.82, 2.24) is 15.0 Å². The number of hydrogen-bond donors (Lipinski definition) is 1. The lowest BCUT2D eigenvalue weighted by molar-refractivity contribution is 0.808. The molecule has 0 saturated heterocycles. The number of hydrogen-bond acceptors (Lipinski definition) is 3. The lowest BCUT2D eigenvalue weighted by Gasteiger charge is -2.11. The molecule has 0 radical (unpaired) electrons. The molecular weight excluding hydrogens is 260 g/mol. The first-order valence-corrected chi connectivity index (χ1v) is 6.47. The number of rotatable bonds is 3. The molecule has 0 aliphatic carbocycles. The second-order valence-electron chi connectivity index (χ2n) is 4.28. The van der Waals surface area contributed by atoms with Gasteiger partial charge in [-0.2, -0.15) is 0 Å². The van der Waals surface area contributed by atoms with Crippen LogP contribution >= 0.6 is 11.6 Å². The number of benzene rings is 2. The molecule has 19 heavy (non-hydrogen) atoms. The summed E-state index contributed by atoms with van der Waals surface area (Å²) < 4.78 is 1.78. The van der Waals surface area contributed by atoms with Gasteiger partial charge >= 0.3 is 0 Å². The van der Waals surface area contributed by atoms with Crippen LogP contribution in [0.5, 0.6) is 0 Å². The SMILES string of the molecule is NCCc1cccc(Cl)c1-n1nnc2ccccc21. The lowest BCUT2D eigenvalue weighted by Crippen LogP contribution is -2.08. The average Bonchev–Trinajstić information content (AvgIpc) is 2.83. The molecule has 0 aliphatic heterocycles. The minimum atomic E-state index is 0.569. The Morgan fingerprint density at radius 3 is 2.79 bits per heavy atom. The van der Waals surface area contributed by atoms with Gasteiger partial charge in [0.25, 0.3) is 0 Å². The van der Waals surface area contributed by atoms with Gasteiger partial charge in [-0.15, -0.1) is 5.10 Å². The highest BCUT2D eigenvalue weighted by atomic mass is 35.5. The largest absolute Gasteiger partial charge is 0.330 e. The first kappa shape index (κ1) is 12.1. The molecule has 3 aromatic rings. The van der Waals surface area contributed by atoms with E-state index in [0.717, 1.165) is 28.7 Å². The molecule has 2 N–H and O–H groups in total. The van der Waals surface area contributed by atoms with Crippen molar-refractivity contribution in [2.75, 3.05) is 6.54 Å². The molecule has 1 aromatic heterocycles. The van der Waals surface area contributed by atoms with Crippen molar-refractivity contribution < 1.29 is 0 Å². The Morgan fingerprint density at radius 2 is 1.95 bits per heavy atom. The van der Waals surface area contributed by atoms with Gasteiger partial charge in [-0.1, -0.05) is 41.1 Å². The Balaban J connectivity index is 2.26. The average molecular weight is 273 g/mol. The van der Waals surface area contributed by atoms with E-state index in [4.69, 9.17) is 17.3 Å². The van der Waals surface area contributed by atoms with Crippen LogP contribution in [0.25, 0.3) is 16.7 Å². The van der Waals surface area contributed by atoms with Crippen LogP contribution in [0.2, 0.25) is 5.02 Å². The summed E-state index contributed by atoms with van der Waals surface area (Å²) in [6.07, 6.45) is 0.754. The fourth-order valence-electron chi connectivity index (χ4n) is 2.19. The highest BCUT2D eigenvalue weighted by Crippen LogP contribution is 2.26. The van der Waals surface area contributed by atoms with E-state index >= 15 is 0 Å². The maximum atomic E-state index is 6.33. The molecule has 0 atom stereocenters. The molecule has 96 valence electrons. The first-order valence-electron chi connectivity index (χ1n) is 6.09. The van der Waals surface area contributed by atoms with Crippen molar-refractivity contribution >= 4 is 22.6 Å². The van der Waals surface area contributed by atoms with Crippen molar-refractivity contribution in [3.05, 3.63) is 53.1 Å². The molecule has 5 heteroatoms. The molecule has 2 aromatic carbocycles. The quantitative estimate of drug-likeness (QED) is 0.797. The van der Waals surface area contributed by atoms with E-state index < -0.39 is 0 Å². The van der Waals surface area contributed by atoms with E-state index in [1.165, 1.54) is 0 Å². The monoisotopic (exact) mass is 272 g/mol. The van der Waals surface area contributed by atoms with Gasteiger partial charge in [-0.05, 0) is 36.7 Å². The summed E-state index contributed by atoms with van der Waals surface area (Å²) in [7, 11) is 0. The number of nitrogens with two attached hydrogens (primary N) is 1. The van der Waals surface area contributed by atoms with Gasteiger partial charge in [-0.25, -0.2) is 4.68 Å². The molecule has 0 spiro atoms. The van der Waals surface area contributed by atoms with Gasteiger partial charge in [0.15, 0.2) is 0 Å². The van der Waals surface area contributed by atoms with Crippen LogP contribution in [-0.2, 0) is 6.42 Å². The van der Waals surface area contributed by atoms with E-state index in [-0.39, 0.29) is 0 Å². The molecule has 0 bridgehead atoms. The van der Waals surface area contributed by atoms with E-state index in [1.807, 2.05) is 42.5 Å². The summed E-state index contributed by atoms with van der Waals surface area (Å²) in [6.45, 7) is 0.569. The van der Waals surface area contributed by atoms with Crippen molar-refractivity contribution in [3.63, 3.8) is 0 Å². The highest BCUT2D eigenvalue weighted by Gasteiger charge is 2.13. The Bertz CT molecular complexity index is 720. The molecule has 4 nitrogen and oxygen atoms in total. The van der Waals surface area contributed by atoms with Crippen molar-refractivity contribution in [2.24, 2.45) is 5.73 Å². The van der Waals surface area contributed by atoms with Crippen LogP contribution in [0.4, 0.5) is 0 Å². The van der Waals surface area contributed by atoms with E-state index in [9.17, 15) is 0 Å². The number of aromatic nitrogens is 3. The van der Waals surface area contributed by atoms with Gasteiger partial charge < -0.3 is 5.73 Å². The second kappa shape index (κ2) is 4.99. The summed E-state index contributed by atoms with van der Waals surface area (Å²) >= 11 is 6.33. The van der Waals surface area contributed by atoms with Gasteiger partial charge in [0.05, 0.1) is 16.2 Å². The molecule has 0 amide bonds. The molecule has 3 rings (SSSR count). The van der Waals surface area contributed by atoms with E-state index in [2.05, 4.69) is 10.3 Å². The second-order valence-corrected chi connectivity index (χ2v) is 4.68. The maximum absolute atomic E-state index is 6.33. The predicted molar refractivity (Wildman–Crippen MR) is 76.6 cm³/mol. The standard InChI is InChI=1S/C14H13ClN4/c15-11-5-3-4-10(8-9-16)14(11)19-13-7-2-1-6-12(13)17-18-19/h1-7H,8-9,16H2. The van der Waals surface area contributed by atoms with Crippen LogP contribution in [-0.4, -0.2) is 21.5 Å². The van der Waals surface area contributed by atoms with Crippen molar-refractivity contribution in [3.8, 4) is 5.69 Å². The van der Waals surface area contributed by atoms with Crippen LogP contribution in [0.15, 0.2) is 42.5 Å². The maximum Gasteiger partial charge on any atom is 0.113 e. The third-order valence-corrected chi connectivity index (χ3v) is 3.35. The zero-order chi connectivity index (χ0) is 13.2. The Hall–Kier alpha value is -1.91. The lowest BCUT2D eigenvalue weighted by atomic mass is 10.1. The smallest absolute Gasteiger partial charge is 0.113 e. The minimum absolute atomic E-state index is 0.569. The molecule has 0 unspecified atom stereocenters. The first-order chi connectivity index (χ1) is 9.31. The zero-order valence-corrected chi connectivity index (χ0v) is 11.0. The number of nitrogens with zero attached hydrogens (tertiary/aromatic N) is 3. The fraction of sp³-hybridized carbons (Fsp3) is 0.143. The molecule has 0 saturated carbocycles. The molecule has 1 heterocycles. The number of halogens is 1. The third-order valence-electron chi connectivity index (χ3n) is 3.05. The summed E-state index contributed by atoms with van der Waals surface area (Å²) in [6, 6.07) is 13.6. The minimum Gasteiger partial charge on any atom is -0.330 e. The molecular formula is C14H13ClN4. The van der Waals surface area contributed by atoms with Crippen LogP contribution < -0.4 is 5.73 Å². The fourth-order valence-corrected chi connectivity index (χ4v) is 2.46. The van der Waals surface area contributed by atoms with E-state index in [1.54, 1.807) is 4.68 Å².